The summed E-state index contributed by atoms with van der Waals surface area (Å²) in [6.07, 6.45) is 2.05. The molecular formula is C26H32N2O5S. The summed E-state index contributed by atoms with van der Waals surface area (Å²) in [5, 5.41) is 14.9. The summed E-state index contributed by atoms with van der Waals surface area (Å²) < 4.78 is 5.58. The number of fused-ring (bicyclic) bond motifs is 3. The first-order valence-electron chi connectivity index (χ1n) is 11.5. The van der Waals surface area contributed by atoms with Crippen molar-refractivity contribution < 1.29 is 24.2 Å². The minimum Gasteiger partial charge on any atom is -0.480 e. The van der Waals surface area contributed by atoms with Gasteiger partial charge in [-0.15, -0.1) is 0 Å². The van der Waals surface area contributed by atoms with Crippen molar-refractivity contribution in [2.75, 3.05) is 18.6 Å². The van der Waals surface area contributed by atoms with Crippen LogP contribution in [0.2, 0.25) is 0 Å². The van der Waals surface area contributed by atoms with Crippen molar-refractivity contribution in [1.82, 2.24) is 10.6 Å². The highest BCUT2D eigenvalue weighted by atomic mass is 32.2. The van der Waals surface area contributed by atoms with Gasteiger partial charge in [-0.2, -0.15) is 11.8 Å². The number of carbonyl (C=O) groups excluding carboxylic acids is 2. The van der Waals surface area contributed by atoms with Crippen LogP contribution in [-0.4, -0.2) is 53.3 Å². The van der Waals surface area contributed by atoms with E-state index in [4.69, 9.17) is 4.74 Å². The molecule has 0 bridgehead atoms. The molecule has 0 radical (unpaired) electrons. The van der Waals surface area contributed by atoms with Crippen molar-refractivity contribution >= 4 is 29.7 Å². The van der Waals surface area contributed by atoms with E-state index in [0.29, 0.717) is 12.2 Å². The smallest absolute Gasteiger partial charge is 0.407 e. The molecule has 34 heavy (non-hydrogen) atoms. The number of amides is 2. The Morgan fingerprint density at radius 2 is 1.59 bits per heavy atom. The molecule has 1 aliphatic carbocycles. The van der Waals surface area contributed by atoms with Gasteiger partial charge in [0.1, 0.15) is 18.2 Å². The summed E-state index contributed by atoms with van der Waals surface area (Å²) >= 11 is 1.54. The fourth-order valence-electron chi connectivity index (χ4n) is 4.39. The van der Waals surface area contributed by atoms with Crippen LogP contribution in [0.5, 0.6) is 0 Å². The van der Waals surface area contributed by atoms with Crippen molar-refractivity contribution in [2.45, 2.75) is 50.6 Å². The highest BCUT2D eigenvalue weighted by Gasteiger charge is 2.38. The Labute approximate surface area is 204 Å². The van der Waals surface area contributed by atoms with Gasteiger partial charge in [0, 0.05) is 5.92 Å². The molecule has 1 unspecified atom stereocenters. The second kappa shape index (κ2) is 11.4. The molecule has 3 rings (SSSR count). The van der Waals surface area contributed by atoms with Gasteiger partial charge in [-0.3, -0.25) is 4.79 Å². The third-order valence-corrected chi connectivity index (χ3v) is 7.19. The third-order valence-electron chi connectivity index (χ3n) is 6.54. The molecule has 3 N–H and O–H groups in total. The topological polar surface area (TPSA) is 105 Å². The monoisotopic (exact) mass is 484 g/mol. The molecule has 0 fully saturated rings. The van der Waals surface area contributed by atoms with E-state index in [-0.39, 0.29) is 25.4 Å². The predicted molar refractivity (Wildman–Crippen MR) is 134 cm³/mol. The summed E-state index contributed by atoms with van der Waals surface area (Å²) in [6, 6.07) is 15.2. The van der Waals surface area contributed by atoms with E-state index in [1.165, 1.54) is 0 Å². The number of carboxylic acids is 1. The Kier molecular flexibility index (Phi) is 8.61. The Bertz CT molecular complexity index is 992. The highest BCUT2D eigenvalue weighted by Crippen LogP contribution is 2.44. The van der Waals surface area contributed by atoms with Crippen LogP contribution in [0, 0.1) is 0 Å². The number of nitrogens with one attached hydrogen (secondary N) is 2. The van der Waals surface area contributed by atoms with Crippen molar-refractivity contribution in [3.63, 3.8) is 0 Å². The standard InChI is InChI=1S/C26H32N2O5S/c1-4-26(5-2,24(30)31)28-23(29)22(14-15-34-3)27-25(32)33-16-21-19-12-8-6-10-17(19)18-11-7-9-13-20(18)21/h6-13,21-22H,4-5,14-16H2,1-3H3,(H,27,32)(H,28,29)(H,30,31). The molecule has 0 saturated heterocycles. The summed E-state index contributed by atoms with van der Waals surface area (Å²) in [6.45, 7) is 3.57. The number of thioether (sulfide) groups is 1. The molecule has 1 aliphatic rings. The lowest BCUT2D eigenvalue weighted by molar-refractivity contribution is -0.148. The normalized spacial score (nSPS) is 13.5. The SMILES string of the molecule is CCC(CC)(NC(=O)C(CCSC)NC(=O)OCC1c2ccccc2-c2ccccc21)C(=O)O. The van der Waals surface area contributed by atoms with Crippen LogP contribution in [0.25, 0.3) is 11.1 Å². The van der Waals surface area contributed by atoms with Crippen LogP contribution in [0.3, 0.4) is 0 Å². The molecule has 0 saturated carbocycles. The van der Waals surface area contributed by atoms with Crippen LogP contribution in [0.15, 0.2) is 48.5 Å². The average molecular weight is 485 g/mol. The first kappa shape index (κ1) is 25.6. The molecule has 0 spiro atoms. The maximum atomic E-state index is 13.0. The van der Waals surface area contributed by atoms with E-state index in [0.717, 1.165) is 22.3 Å². The van der Waals surface area contributed by atoms with Gasteiger partial charge in [0.15, 0.2) is 0 Å². The minimum absolute atomic E-state index is 0.0866. The molecular weight excluding hydrogens is 452 g/mol. The van der Waals surface area contributed by atoms with Crippen LogP contribution in [0.1, 0.15) is 50.2 Å². The number of alkyl carbamates (subject to hydrolysis) is 1. The number of hydrogen-bond donors (Lipinski definition) is 3. The second-order valence-electron chi connectivity index (χ2n) is 8.39. The van der Waals surface area contributed by atoms with Crippen LogP contribution in [0.4, 0.5) is 4.79 Å². The highest BCUT2D eigenvalue weighted by molar-refractivity contribution is 7.98. The number of aliphatic carboxylic acids is 1. The molecule has 0 heterocycles. The maximum absolute atomic E-state index is 13.0. The first-order valence-corrected chi connectivity index (χ1v) is 12.9. The third kappa shape index (κ3) is 5.38. The molecule has 7 nitrogen and oxygen atoms in total. The minimum atomic E-state index is -1.36. The zero-order chi connectivity index (χ0) is 24.7. The average Bonchev–Trinajstić information content (AvgIpc) is 3.17. The quantitative estimate of drug-likeness (QED) is 0.437. The fourth-order valence-corrected chi connectivity index (χ4v) is 4.86. The van der Waals surface area contributed by atoms with Gasteiger partial charge in [-0.1, -0.05) is 62.4 Å². The van der Waals surface area contributed by atoms with Crippen molar-refractivity contribution in [2.24, 2.45) is 0 Å². The lowest BCUT2D eigenvalue weighted by atomic mass is 9.92. The molecule has 0 aliphatic heterocycles. The maximum Gasteiger partial charge on any atom is 0.407 e. The second-order valence-corrected chi connectivity index (χ2v) is 9.37. The van der Waals surface area contributed by atoms with E-state index in [2.05, 4.69) is 22.8 Å². The Hall–Kier alpha value is -3.00. The van der Waals surface area contributed by atoms with Crippen LogP contribution in [-0.2, 0) is 14.3 Å². The first-order chi connectivity index (χ1) is 16.4. The van der Waals surface area contributed by atoms with Crippen molar-refractivity contribution in [3.8, 4) is 11.1 Å². The summed E-state index contributed by atoms with van der Waals surface area (Å²) in [7, 11) is 0. The largest absolute Gasteiger partial charge is 0.480 e. The van der Waals surface area contributed by atoms with E-state index in [1.54, 1.807) is 25.6 Å². The zero-order valence-corrected chi connectivity index (χ0v) is 20.6. The van der Waals surface area contributed by atoms with Gasteiger partial charge < -0.3 is 20.5 Å². The lowest BCUT2D eigenvalue weighted by Gasteiger charge is -2.30. The van der Waals surface area contributed by atoms with Gasteiger partial charge in [0.05, 0.1) is 0 Å². The summed E-state index contributed by atoms with van der Waals surface area (Å²) in [5.41, 5.74) is 3.11. The number of carboxylic acid groups (broad SMARTS) is 1. The van der Waals surface area contributed by atoms with E-state index in [9.17, 15) is 19.5 Å². The van der Waals surface area contributed by atoms with Gasteiger partial charge in [0.25, 0.3) is 0 Å². The van der Waals surface area contributed by atoms with Gasteiger partial charge in [-0.05, 0) is 53.5 Å². The van der Waals surface area contributed by atoms with E-state index >= 15 is 0 Å². The molecule has 2 aromatic rings. The molecule has 182 valence electrons. The van der Waals surface area contributed by atoms with Gasteiger partial charge >= 0.3 is 12.1 Å². The van der Waals surface area contributed by atoms with Crippen LogP contribution < -0.4 is 10.6 Å². The van der Waals surface area contributed by atoms with Gasteiger partial charge in [0.2, 0.25) is 5.91 Å². The number of hydrogen-bond acceptors (Lipinski definition) is 5. The van der Waals surface area contributed by atoms with E-state index < -0.39 is 29.6 Å². The number of benzene rings is 2. The summed E-state index contributed by atoms with van der Waals surface area (Å²) in [5.74, 6) is -1.07. The number of rotatable bonds is 11. The van der Waals surface area contributed by atoms with Crippen LogP contribution >= 0.6 is 11.8 Å². The molecule has 8 heteroatoms. The van der Waals surface area contributed by atoms with Crippen molar-refractivity contribution in [1.29, 1.82) is 0 Å². The Balaban J connectivity index is 1.69. The Morgan fingerprint density at radius 1 is 1.03 bits per heavy atom. The van der Waals surface area contributed by atoms with E-state index in [1.807, 2.05) is 42.7 Å². The number of carbonyl (C=O) groups is 3. The molecule has 2 aromatic carbocycles. The van der Waals surface area contributed by atoms with Gasteiger partial charge in [-0.25, -0.2) is 9.59 Å². The fraction of sp³-hybridized carbons (Fsp3) is 0.423. The molecule has 1 atom stereocenters. The molecule has 2 amide bonds. The lowest BCUT2D eigenvalue weighted by Crippen LogP contribution is -2.59. The Morgan fingerprint density at radius 3 is 2.09 bits per heavy atom. The predicted octanol–water partition coefficient (Wildman–Crippen LogP) is 4.41. The van der Waals surface area contributed by atoms with Crippen molar-refractivity contribution in [3.05, 3.63) is 59.7 Å². The number of ether oxygens (including phenoxy) is 1. The summed E-state index contributed by atoms with van der Waals surface area (Å²) in [4.78, 5) is 37.5. The molecule has 0 aromatic heterocycles. The zero-order valence-electron chi connectivity index (χ0n) is 19.8.